The van der Waals surface area contributed by atoms with Crippen LogP contribution in [0.3, 0.4) is 0 Å². The number of carbonyl (C=O) groups is 1. The van der Waals surface area contributed by atoms with Gasteiger partial charge >= 0.3 is 0 Å². The second-order valence-electron chi connectivity index (χ2n) is 8.18. The van der Waals surface area contributed by atoms with Crippen LogP contribution < -0.4 is 0 Å². The zero-order valence-electron chi connectivity index (χ0n) is 18.9. The van der Waals surface area contributed by atoms with Crippen LogP contribution in [0.25, 0.3) is 56.0 Å². The topological polar surface area (TPSA) is 126 Å². The first-order valence-electron chi connectivity index (χ1n) is 11.3. The number of aromatic nitrogens is 8. The van der Waals surface area contributed by atoms with E-state index in [9.17, 15) is 4.79 Å². The molecule has 0 aliphatic heterocycles. The molecule has 6 aromatic heterocycles. The maximum absolute atomic E-state index is 11.7. The number of nitrogens with zero attached hydrogens (tertiary/aromatic N) is 6. The molecule has 0 atom stereocenters. The Bertz CT molecular complexity index is 1670. The number of carbonyl (C=O) groups excluding carboxylic acids is 1. The minimum absolute atomic E-state index is 0.170. The molecule has 0 saturated carbocycles. The largest absolute Gasteiger partial charge is 0.335 e. The number of H-pyrrole nitrogens is 2. The third-order valence-electron chi connectivity index (χ3n) is 5.96. The summed E-state index contributed by atoms with van der Waals surface area (Å²) in [4.78, 5) is 37.4. The van der Waals surface area contributed by atoms with E-state index in [0.717, 1.165) is 44.5 Å². The standard InChI is InChI=1S/C26H20N8O/c1-2-19(35)12-18-4-3-16(13-29-18)17-11-21-23(33-34-24(21)30-14-17)26-31-22-20(7-10-28-25(22)32-26)15-5-8-27-9-6-15/h3-11,13-14H,2,12H2,1H3,(H,28,31,32)(H,30,33,34). The van der Waals surface area contributed by atoms with Crippen molar-refractivity contribution in [2.24, 2.45) is 0 Å². The second-order valence-corrected chi connectivity index (χ2v) is 8.18. The van der Waals surface area contributed by atoms with Gasteiger partial charge in [0.05, 0.1) is 10.9 Å². The van der Waals surface area contributed by atoms with Gasteiger partial charge in [-0.3, -0.25) is 19.9 Å². The molecule has 0 radical (unpaired) electrons. The monoisotopic (exact) mass is 460 g/mol. The molecular weight excluding hydrogens is 440 g/mol. The van der Waals surface area contributed by atoms with Crippen molar-refractivity contribution in [3.8, 4) is 33.8 Å². The number of ketones is 1. The summed E-state index contributed by atoms with van der Waals surface area (Å²) in [6.45, 7) is 1.86. The summed E-state index contributed by atoms with van der Waals surface area (Å²) in [5.41, 5.74) is 7.35. The van der Waals surface area contributed by atoms with E-state index in [2.05, 4.69) is 35.1 Å². The zero-order valence-corrected chi connectivity index (χ0v) is 18.9. The Hall–Kier alpha value is -4.79. The fraction of sp³-hybridized carbons (Fsp3) is 0.115. The maximum Gasteiger partial charge on any atom is 0.181 e. The number of hydrogen-bond donors (Lipinski definition) is 2. The Morgan fingerprint density at radius 3 is 2.54 bits per heavy atom. The van der Waals surface area contributed by atoms with Crippen LogP contribution in [0.5, 0.6) is 0 Å². The van der Waals surface area contributed by atoms with Gasteiger partial charge in [0.25, 0.3) is 0 Å². The first-order valence-corrected chi connectivity index (χ1v) is 11.3. The molecule has 170 valence electrons. The third kappa shape index (κ3) is 3.82. The van der Waals surface area contributed by atoms with E-state index < -0.39 is 0 Å². The Morgan fingerprint density at radius 1 is 0.886 bits per heavy atom. The molecule has 0 amide bonds. The van der Waals surface area contributed by atoms with Crippen molar-refractivity contribution >= 4 is 28.0 Å². The summed E-state index contributed by atoms with van der Waals surface area (Å²) in [7, 11) is 0. The first-order chi connectivity index (χ1) is 17.2. The molecule has 0 fully saturated rings. The molecule has 0 aliphatic carbocycles. The van der Waals surface area contributed by atoms with E-state index in [1.54, 1.807) is 31.0 Å². The smallest absolute Gasteiger partial charge is 0.181 e. The molecule has 6 heterocycles. The van der Waals surface area contributed by atoms with E-state index >= 15 is 0 Å². The lowest BCUT2D eigenvalue weighted by molar-refractivity contribution is -0.118. The second kappa shape index (κ2) is 8.53. The third-order valence-corrected chi connectivity index (χ3v) is 5.96. The van der Waals surface area contributed by atoms with Crippen molar-refractivity contribution in [2.45, 2.75) is 19.8 Å². The van der Waals surface area contributed by atoms with E-state index in [-0.39, 0.29) is 5.78 Å². The maximum atomic E-state index is 11.7. The Kier molecular flexibility index (Phi) is 5.07. The molecule has 35 heavy (non-hydrogen) atoms. The van der Waals surface area contributed by atoms with Crippen molar-refractivity contribution in [3.63, 3.8) is 0 Å². The van der Waals surface area contributed by atoms with Crippen molar-refractivity contribution in [1.82, 2.24) is 40.1 Å². The number of pyridine rings is 4. The lowest BCUT2D eigenvalue weighted by atomic mass is 10.1. The van der Waals surface area contributed by atoms with E-state index in [4.69, 9.17) is 4.98 Å². The van der Waals surface area contributed by atoms with Gasteiger partial charge in [-0.2, -0.15) is 5.10 Å². The molecule has 6 rings (SSSR count). The number of imidazole rings is 1. The van der Waals surface area contributed by atoms with E-state index in [1.807, 2.05) is 43.3 Å². The van der Waals surface area contributed by atoms with Crippen LogP contribution in [0.4, 0.5) is 0 Å². The summed E-state index contributed by atoms with van der Waals surface area (Å²) in [6.07, 6.45) is 9.67. The Morgan fingerprint density at radius 2 is 1.74 bits per heavy atom. The molecule has 0 saturated heterocycles. The van der Waals surface area contributed by atoms with Crippen molar-refractivity contribution in [1.29, 1.82) is 0 Å². The van der Waals surface area contributed by atoms with Gasteiger partial charge in [0.1, 0.15) is 11.5 Å². The molecule has 0 aliphatic rings. The van der Waals surface area contributed by atoms with Gasteiger partial charge in [-0.1, -0.05) is 13.0 Å². The highest BCUT2D eigenvalue weighted by atomic mass is 16.1. The average Bonchev–Trinajstić information content (AvgIpc) is 3.53. The van der Waals surface area contributed by atoms with Gasteiger partial charge in [0.15, 0.2) is 17.1 Å². The van der Waals surface area contributed by atoms with Crippen molar-refractivity contribution in [2.75, 3.05) is 0 Å². The molecule has 6 aromatic rings. The van der Waals surface area contributed by atoms with Crippen LogP contribution in [0, 0.1) is 0 Å². The summed E-state index contributed by atoms with van der Waals surface area (Å²) in [6, 6.07) is 11.7. The quantitative estimate of drug-likeness (QED) is 0.374. The lowest BCUT2D eigenvalue weighted by Crippen LogP contribution is -2.02. The van der Waals surface area contributed by atoms with E-state index in [0.29, 0.717) is 30.0 Å². The highest BCUT2D eigenvalue weighted by Gasteiger charge is 2.16. The molecule has 9 heteroatoms. The van der Waals surface area contributed by atoms with Crippen LogP contribution >= 0.6 is 0 Å². The Balaban J connectivity index is 1.40. The molecular formula is C26H20N8O. The number of fused-ring (bicyclic) bond motifs is 2. The lowest BCUT2D eigenvalue weighted by Gasteiger charge is -2.04. The first kappa shape index (κ1) is 20.8. The van der Waals surface area contributed by atoms with Crippen LogP contribution in [-0.4, -0.2) is 45.9 Å². The van der Waals surface area contributed by atoms with Gasteiger partial charge in [-0.25, -0.2) is 15.0 Å². The Labute approximate surface area is 199 Å². The minimum atomic E-state index is 0.170. The summed E-state index contributed by atoms with van der Waals surface area (Å²) >= 11 is 0. The summed E-state index contributed by atoms with van der Waals surface area (Å²) < 4.78 is 0. The highest BCUT2D eigenvalue weighted by molar-refractivity contribution is 5.96. The number of Topliss-reactive ketones (excluding diaryl/α,β-unsaturated/α-hetero) is 1. The van der Waals surface area contributed by atoms with E-state index in [1.165, 1.54) is 0 Å². The fourth-order valence-corrected chi connectivity index (χ4v) is 4.07. The molecule has 9 nitrogen and oxygen atoms in total. The molecule has 0 aromatic carbocycles. The predicted octanol–water partition coefficient (Wildman–Crippen LogP) is 4.54. The fourth-order valence-electron chi connectivity index (χ4n) is 4.07. The van der Waals surface area contributed by atoms with Crippen molar-refractivity contribution in [3.05, 3.63) is 73.1 Å². The van der Waals surface area contributed by atoms with Crippen LogP contribution in [0.2, 0.25) is 0 Å². The summed E-state index contributed by atoms with van der Waals surface area (Å²) in [5.74, 6) is 0.797. The minimum Gasteiger partial charge on any atom is -0.335 e. The molecule has 2 N–H and O–H groups in total. The SMILES string of the molecule is CCC(=O)Cc1ccc(-c2cnc3n[nH]c(-c4nc5nccc(-c6ccncc6)c5[nH]4)c3c2)cn1. The highest BCUT2D eigenvalue weighted by Crippen LogP contribution is 2.31. The van der Waals surface area contributed by atoms with Gasteiger partial charge in [-0.15, -0.1) is 0 Å². The number of rotatable bonds is 6. The van der Waals surface area contributed by atoms with Crippen LogP contribution in [0.15, 0.2) is 67.4 Å². The normalized spacial score (nSPS) is 11.3. The van der Waals surface area contributed by atoms with Crippen LogP contribution in [0.1, 0.15) is 19.0 Å². The average molecular weight is 461 g/mol. The number of hydrogen-bond acceptors (Lipinski definition) is 7. The van der Waals surface area contributed by atoms with Gasteiger partial charge < -0.3 is 4.98 Å². The molecule has 0 unspecified atom stereocenters. The molecule has 0 bridgehead atoms. The molecule has 0 spiro atoms. The van der Waals surface area contributed by atoms with Crippen LogP contribution in [-0.2, 0) is 11.2 Å². The number of nitrogens with one attached hydrogen (secondary N) is 2. The van der Waals surface area contributed by atoms with Gasteiger partial charge in [0.2, 0.25) is 0 Å². The predicted molar refractivity (Wildman–Crippen MR) is 132 cm³/mol. The zero-order chi connectivity index (χ0) is 23.8. The number of aromatic amines is 2. The van der Waals surface area contributed by atoms with Gasteiger partial charge in [-0.05, 0) is 35.9 Å². The summed E-state index contributed by atoms with van der Waals surface area (Å²) in [5, 5.41) is 8.26. The van der Waals surface area contributed by atoms with Crippen molar-refractivity contribution < 1.29 is 4.79 Å². The van der Waals surface area contributed by atoms with Gasteiger partial charge in [0, 0.05) is 66.2 Å².